The standard InChI is InChI=1S/C28H24ClF2NO2/c1-2-24-16-22-15-21(17-25(26(22)34-24)19-7-9-23(29)10-8-19)18-3-5-20(6-4-18)27(33)32-13-11-28(30,31)12-14-32/h3-10,15-17H,2,11-14H2,1H3. The predicted octanol–water partition coefficient (Wildman–Crippen LogP) is 7.85. The number of carbonyl (C=O) groups is 1. The second-order valence-electron chi connectivity index (χ2n) is 8.74. The Morgan fingerprint density at radius 3 is 2.24 bits per heavy atom. The molecule has 174 valence electrons. The van der Waals surface area contributed by atoms with Gasteiger partial charge in [-0.05, 0) is 59.2 Å². The summed E-state index contributed by atoms with van der Waals surface area (Å²) in [4.78, 5) is 14.3. The summed E-state index contributed by atoms with van der Waals surface area (Å²) in [5, 5.41) is 1.68. The van der Waals surface area contributed by atoms with Crippen molar-refractivity contribution < 1.29 is 18.0 Å². The largest absolute Gasteiger partial charge is 0.460 e. The molecular weight excluding hydrogens is 456 g/mol. The number of likely N-dealkylation sites (tertiary alicyclic amines) is 1. The van der Waals surface area contributed by atoms with E-state index < -0.39 is 5.92 Å². The highest BCUT2D eigenvalue weighted by Gasteiger charge is 2.35. The van der Waals surface area contributed by atoms with Gasteiger partial charge in [-0.15, -0.1) is 0 Å². The summed E-state index contributed by atoms with van der Waals surface area (Å²) in [6.45, 7) is 2.21. The monoisotopic (exact) mass is 479 g/mol. The Bertz CT molecular complexity index is 1330. The van der Waals surface area contributed by atoms with Crippen LogP contribution in [0.5, 0.6) is 0 Å². The number of benzene rings is 3. The van der Waals surface area contributed by atoms with Crippen molar-refractivity contribution in [1.82, 2.24) is 4.90 Å². The first kappa shape index (κ1) is 22.6. The van der Waals surface area contributed by atoms with E-state index in [0.29, 0.717) is 10.6 Å². The van der Waals surface area contributed by atoms with Crippen molar-refractivity contribution in [3.05, 3.63) is 83.1 Å². The van der Waals surface area contributed by atoms with E-state index in [-0.39, 0.29) is 31.8 Å². The van der Waals surface area contributed by atoms with E-state index in [9.17, 15) is 13.6 Å². The maximum atomic E-state index is 13.4. The topological polar surface area (TPSA) is 33.5 Å². The molecule has 1 fully saturated rings. The molecule has 34 heavy (non-hydrogen) atoms. The normalized spacial score (nSPS) is 15.6. The van der Waals surface area contributed by atoms with Gasteiger partial charge in [-0.1, -0.05) is 42.8 Å². The highest BCUT2D eigenvalue weighted by molar-refractivity contribution is 6.30. The molecule has 5 rings (SSSR count). The average molecular weight is 480 g/mol. The molecule has 0 radical (unpaired) electrons. The van der Waals surface area contributed by atoms with Crippen LogP contribution < -0.4 is 0 Å². The summed E-state index contributed by atoms with van der Waals surface area (Å²) in [6.07, 6.45) is 0.229. The summed E-state index contributed by atoms with van der Waals surface area (Å²) < 4.78 is 33.0. The molecule has 1 aliphatic heterocycles. The van der Waals surface area contributed by atoms with Crippen molar-refractivity contribution in [3.8, 4) is 22.3 Å². The maximum Gasteiger partial charge on any atom is 0.253 e. The van der Waals surface area contributed by atoms with Gasteiger partial charge in [0, 0.05) is 53.9 Å². The van der Waals surface area contributed by atoms with Gasteiger partial charge in [0.25, 0.3) is 11.8 Å². The molecule has 1 amide bonds. The smallest absolute Gasteiger partial charge is 0.253 e. The van der Waals surface area contributed by atoms with Crippen LogP contribution in [0.4, 0.5) is 8.78 Å². The number of piperidine rings is 1. The zero-order chi connectivity index (χ0) is 23.9. The summed E-state index contributed by atoms with van der Waals surface area (Å²) in [6, 6.07) is 21.2. The summed E-state index contributed by atoms with van der Waals surface area (Å²) >= 11 is 6.09. The van der Waals surface area contributed by atoms with Gasteiger partial charge in [0.1, 0.15) is 11.3 Å². The van der Waals surface area contributed by atoms with Crippen LogP contribution in [0.1, 0.15) is 35.9 Å². The first-order chi connectivity index (χ1) is 16.3. The molecule has 6 heteroatoms. The Kier molecular flexibility index (Phi) is 5.90. The van der Waals surface area contributed by atoms with Crippen LogP contribution in [0.3, 0.4) is 0 Å². The van der Waals surface area contributed by atoms with E-state index in [2.05, 4.69) is 25.1 Å². The van der Waals surface area contributed by atoms with Crippen molar-refractivity contribution in [1.29, 1.82) is 0 Å². The zero-order valence-corrected chi connectivity index (χ0v) is 19.5. The van der Waals surface area contributed by atoms with E-state index in [1.165, 1.54) is 4.90 Å². The molecule has 4 aromatic rings. The van der Waals surface area contributed by atoms with E-state index in [1.54, 1.807) is 12.1 Å². The van der Waals surface area contributed by atoms with Gasteiger partial charge in [-0.25, -0.2) is 8.78 Å². The zero-order valence-electron chi connectivity index (χ0n) is 18.8. The van der Waals surface area contributed by atoms with Gasteiger partial charge < -0.3 is 9.32 Å². The van der Waals surface area contributed by atoms with Crippen molar-refractivity contribution in [3.63, 3.8) is 0 Å². The van der Waals surface area contributed by atoms with Crippen LogP contribution in [0.2, 0.25) is 5.02 Å². The molecule has 0 unspecified atom stereocenters. The van der Waals surface area contributed by atoms with Gasteiger partial charge in [0.15, 0.2) is 0 Å². The molecule has 1 aliphatic rings. The number of hydrogen-bond acceptors (Lipinski definition) is 2. The molecule has 0 spiro atoms. The molecule has 3 nitrogen and oxygen atoms in total. The fourth-order valence-electron chi connectivity index (χ4n) is 4.42. The van der Waals surface area contributed by atoms with Crippen LogP contribution in [-0.2, 0) is 6.42 Å². The Morgan fingerprint density at radius 1 is 0.941 bits per heavy atom. The Hall–Kier alpha value is -3.18. The van der Waals surface area contributed by atoms with Crippen LogP contribution in [-0.4, -0.2) is 29.8 Å². The lowest BCUT2D eigenvalue weighted by Gasteiger charge is -2.31. The number of alkyl halides is 2. The molecular formula is C28H24ClF2NO2. The second-order valence-corrected chi connectivity index (χ2v) is 9.18. The summed E-state index contributed by atoms with van der Waals surface area (Å²) in [5.41, 5.74) is 5.26. The molecule has 1 saturated heterocycles. The van der Waals surface area contributed by atoms with E-state index in [0.717, 1.165) is 45.4 Å². The lowest BCUT2D eigenvalue weighted by Crippen LogP contribution is -2.42. The lowest BCUT2D eigenvalue weighted by molar-refractivity contribution is -0.0494. The van der Waals surface area contributed by atoms with Crippen molar-refractivity contribution in [2.24, 2.45) is 0 Å². The number of fused-ring (bicyclic) bond motifs is 1. The van der Waals surface area contributed by atoms with Gasteiger partial charge in [0.05, 0.1) is 0 Å². The predicted molar refractivity (Wildman–Crippen MR) is 132 cm³/mol. The van der Waals surface area contributed by atoms with E-state index in [1.807, 2.05) is 36.4 Å². The quantitative estimate of drug-likeness (QED) is 0.298. The number of hydrogen-bond donors (Lipinski definition) is 0. The Balaban J connectivity index is 1.48. The Morgan fingerprint density at radius 2 is 1.59 bits per heavy atom. The molecule has 0 aliphatic carbocycles. The molecule has 3 aromatic carbocycles. The van der Waals surface area contributed by atoms with Crippen LogP contribution in [0.25, 0.3) is 33.2 Å². The summed E-state index contributed by atoms with van der Waals surface area (Å²) in [5.74, 6) is -1.97. The van der Waals surface area contributed by atoms with Gasteiger partial charge in [0.2, 0.25) is 0 Å². The number of rotatable bonds is 4. The maximum absolute atomic E-state index is 13.4. The number of furan rings is 1. The minimum atomic E-state index is -2.67. The molecule has 0 saturated carbocycles. The number of halogens is 3. The molecule has 0 atom stereocenters. The van der Waals surface area contributed by atoms with Gasteiger partial charge in [-0.2, -0.15) is 0 Å². The van der Waals surface area contributed by atoms with Crippen LogP contribution in [0.15, 0.2) is 71.1 Å². The van der Waals surface area contributed by atoms with E-state index in [4.69, 9.17) is 16.0 Å². The van der Waals surface area contributed by atoms with Crippen LogP contribution >= 0.6 is 11.6 Å². The third-order valence-corrected chi connectivity index (χ3v) is 6.67. The molecule has 2 heterocycles. The molecule has 1 aromatic heterocycles. The number of amides is 1. The van der Waals surface area contributed by atoms with Crippen molar-refractivity contribution in [2.75, 3.05) is 13.1 Å². The minimum Gasteiger partial charge on any atom is -0.460 e. The van der Waals surface area contributed by atoms with Crippen molar-refractivity contribution >= 4 is 28.5 Å². The minimum absolute atomic E-state index is 0.0783. The highest BCUT2D eigenvalue weighted by atomic mass is 35.5. The second kappa shape index (κ2) is 8.88. The van der Waals surface area contributed by atoms with E-state index >= 15 is 0 Å². The molecule has 0 bridgehead atoms. The lowest BCUT2D eigenvalue weighted by atomic mass is 9.96. The molecule has 0 N–H and O–H groups in total. The third-order valence-electron chi connectivity index (χ3n) is 6.42. The average Bonchev–Trinajstić information content (AvgIpc) is 3.27. The fourth-order valence-corrected chi connectivity index (χ4v) is 4.54. The highest BCUT2D eigenvalue weighted by Crippen LogP contribution is 2.37. The number of carbonyl (C=O) groups excluding carboxylic acids is 1. The fraction of sp³-hybridized carbons (Fsp3) is 0.250. The van der Waals surface area contributed by atoms with Gasteiger partial charge >= 0.3 is 0 Å². The first-order valence-corrected chi connectivity index (χ1v) is 11.8. The van der Waals surface area contributed by atoms with Gasteiger partial charge in [-0.3, -0.25) is 4.79 Å². The third kappa shape index (κ3) is 4.45. The summed E-state index contributed by atoms with van der Waals surface area (Å²) in [7, 11) is 0. The number of aryl methyl sites for hydroxylation is 1. The first-order valence-electron chi connectivity index (χ1n) is 11.4. The van der Waals surface area contributed by atoms with Crippen LogP contribution in [0, 0.1) is 0 Å². The van der Waals surface area contributed by atoms with Crippen molar-refractivity contribution in [2.45, 2.75) is 32.1 Å². The Labute approximate surface area is 201 Å². The number of nitrogens with zero attached hydrogens (tertiary/aromatic N) is 1. The SMILES string of the molecule is CCc1cc2cc(-c3ccc(C(=O)N4CCC(F)(F)CC4)cc3)cc(-c3ccc(Cl)cc3)c2o1.